The Morgan fingerprint density at radius 1 is 1.00 bits per heavy atom. The zero-order valence-electron chi connectivity index (χ0n) is 23.2. The van der Waals surface area contributed by atoms with Crippen LogP contribution in [0.1, 0.15) is 99.3 Å². The molecule has 0 heterocycles. The normalized spacial score (nSPS) is 52.7. The number of carbonyl (C=O) groups excluding carboxylic acids is 1. The Morgan fingerprint density at radius 2 is 1.69 bits per heavy atom. The second-order valence-electron chi connectivity index (χ2n) is 14.8. The van der Waals surface area contributed by atoms with Crippen molar-refractivity contribution in [2.45, 2.75) is 105 Å². The van der Waals surface area contributed by atoms with E-state index >= 15 is 0 Å². The van der Waals surface area contributed by atoms with Gasteiger partial charge in [-0.15, -0.1) is 0 Å². The number of carbonyl (C=O) groups is 2. The van der Waals surface area contributed by atoms with E-state index in [1.54, 1.807) is 7.11 Å². The fourth-order valence-corrected chi connectivity index (χ4v) is 10.7. The SMILES string of the molecule is COC1C[C@@H]2C(=CCC3C4(C)CC[C@H](C)[C@](C)(C=O)[C@@H]4CC[C@@]32C)C2CC(C)(C)CC[C@]12C(=O)O. The van der Waals surface area contributed by atoms with Crippen molar-refractivity contribution in [1.82, 2.24) is 0 Å². The molecule has 5 aliphatic carbocycles. The Bertz CT molecular complexity index is 936. The molecule has 1 N–H and O–H groups in total. The summed E-state index contributed by atoms with van der Waals surface area (Å²) in [7, 11) is 1.74. The molecule has 0 spiro atoms. The summed E-state index contributed by atoms with van der Waals surface area (Å²) in [5.74, 6) is 1.17. The predicted octanol–water partition coefficient (Wildman–Crippen LogP) is 6.92. The van der Waals surface area contributed by atoms with Crippen molar-refractivity contribution in [1.29, 1.82) is 0 Å². The van der Waals surface area contributed by atoms with E-state index in [-0.39, 0.29) is 33.7 Å². The van der Waals surface area contributed by atoms with Crippen LogP contribution in [0.25, 0.3) is 0 Å². The van der Waals surface area contributed by atoms with Crippen LogP contribution in [0, 0.1) is 56.7 Å². The maximum Gasteiger partial charge on any atom is 0.312 e. The molecule has 0 bridgehead atoms. The monoisotopic (exact) mass is 484 g/mol. The van der Waals surface area contributed by atoms with Gasteiger partial charge in [-0.1, -0.05) is 53.2 Å². The van der Waals surface area contributed by atoms with Gasteiger partial charge in [0, 0.05) is 12.5 Å². The van der Waals surface area contributed by atoms with E-state index in [0.29, 0.717) is 30.1 Å². The molecule has 4 nitrogen and oxygen atoms in total. The number of carboxylic acid groups (broad SMARTS) is 1. The first-order valence-electron chi connectivity index (χ1n) is 14.2. The highest BCUT2D eigenvalue weighted by Gasteiger charge is 2.68. The van der Waals surface area contributed by atoms with Crippen LogP contribution < -0.4 is 0 Å². The predicted molar refractivity (Wildman–Crippen MR) is 138 cm³/mol. The van der Waals surface area contributed by atoms with Crippen molar-refractivity contribution in [3.63, 3.8) is 0 Å². The van der Waals surface area contributed by atoms with E-state index in [1.165, 1.54) is 18.3 Å². The molecular weight excluding hydrogens is 436 g/mol. The zero-order chi connectivity index (χ0) is 25.6. The number of ether oxygens (including phenoxy) is 1. The Balaban J connectivity index is 1.60. The minimum atomic E-state index is -0.798. The van der Waals surface area contributed by atoms with Gasteiger partial charge in [0.2, 0.25) is 0 Å². The van der Waals surface area contributed by atoms with Crippen molar-refractivity contribution in [3.8, 4) is 0 Å². The molecule has 5 rings (SSSR count). The van der Waals surface area contributed by atoms with E-state index in [1.807, 2.05) is 0 Å². The molecule has 0 radical (unpaired) electrons. The Kier molecular flexibility index (Phi) is 5.77. The second-order valence-corrected chi connectivity index (χ2v) is 14.8. The Labute approximate surface area is 212 Å². The average molecular weight is 485 g/mol. The highest BCUT2D eigenvalue weighted by Crippen LogP contribution is 2.72. The first-order chi connectivity index (χ1) is 16.3. The summed E-state index contributed by atoms with van der Waals surface area (Å²) in [6.45, 7) is 14.1. The molecule has 4 unspecified atom stereocenters. The number of allylic oxidation sites excluding steroid dienone is 2. The Hall–Kier alpha value is -1.16. The van der Waals surface area contributed by atoms with Gasteiger partial charge in [0.25, 0.3) is 0 Å². The van der Waals surface area contributed by atoms with E-state index in [4.69, 9.17) is 4.74 Å². The molecule has 0 aromatic heterocycles. The summed E-state index contributed by atoms with van der Waals surface area (Å²) in [5, 5.41) is 10.6. The highest BCUT2D eigenvalue weighted by molar-refractivity contribution is 5.77. The van der Waals surface area contributed by atoms with Crippen LogP contribution >= 0.6 is 0 Å². The fraction of sp³-hybridized carbons (Fsp3) is 0.871. The number of fused-ring (bicyclic) bond motifs is 7. The van der Waals surface area contributed by atoms with Crippen LogP contribution in [-0.2, 0) is 14.3 Å². The average Bonchev–Trinajstić information content (AvgIpc) is 2.80. The van der Waals surface area contributed by atoms with Gasteiger partial charge in [-0.25, -0.2) is 0 Å². The number of rotatable bonds is 3. The summed E-state index contributed by atoms with van der Waals surface area (Å²) < 4.78 is 6.11. The van der Waals surface area contributed by atoms with E-state index in [2.05, 4.69) is 47.6 Å². The molecule has 196 valence electrons. The second kappa shape index (κ2) is 7.92. The molecule has 0 aliphatic heterocycles. The van der Waals surface area contributed by atoms with Crippen LogP contribution in [0.2, 0.25) is 0 Å². The van der Waals surface area contributed by atoms with Gasteiger partial charge in [-0.3, -0.25) is 4.79 Å². The third-order valence-corrected chi connectivity index (χ3v) is 13.0. The minimum Gasteiger partial charge on any atom is -0.481 e. The maximum absolute atomic E-state index is 13.0. The van der Waals surface area contributed by atoms with Crippen LogP contribution in [0.5, 0.6) is 0 Å². The molecule has 0 amide bonds. The van der Waals surface area contributed by atoms with Gasteiger partial charge >= 0.3 is 5.97 Å². The van der Waals surface area contributed by atoms with Crippen molar-refractivity contribution in [2.24, 2.45) is 56.7 Å². The van der Waals surface area contributed by atoms with Gasteiger partial charge in [0.05, 0.1) is 6.10 Å². The summed E-state index contributed by atoms with van der Waals surface area (Å²) in [5.41, 5.74) is 0.822. The van der Waals surface area contributed by atoms with Gasteiger partial charge in [0.1, 0.15) is 11.7 Å². The Morgan fingerprint density at radius 3 is 2.31 bits per heavy atom. The lowest BCUT2D eigenvalue weighted by molar-refractivity contribution is -0.196. The van der Waals surface area contributed by atoms with Crippen molar-refractivity contribution in [2.75, 3.05) is 7.11 Å². The molecular formula is C31H48O4. The summed E-state index contributed by atoms with van der Waals surface area (Å²) in [6, 6.07) is 0. The molecule has 4 heteroatoms. The van der Waals surface area contributed by atoms with E-state index < -0.39 is 11.4 Å². The van der Waals surface area contributed by atoms with Gasteiger partial charge < -0.3 is 14.6 Å². The van der Waals surface area contributed by atoms with Gasteiger partial charge in [-0.05, 0) is 104 Å². The van der Waals surface area contributed by atoms with Crippen LogP contribution in [0.15, 0.2) is 11.6 Å². The molecule has 4 saturated carbocycles. The lowest BCUT2D eigenvalue weighted by Gasteiger charge is -2.68. The molecule has 0 aromatic rings. The standard InChI is InChI=1S/C31H48O4/c1-19-10-12-29(5)23-9-8-20-21(28(23,4)13-11-24(29)30(19,6)18-32)16-25(35-7)31(26(33)34)15-14-27(2,3)17-22(20)31/h8,18-19,21-25H,9-17H2,1-7H3,(H,33,34)/t19-,21+,22?,23?,24+,25?,28+,29?,30-,31+/m0/s1. The number of carboxylic acids is 1. The summed E-state index contributed by atoms with van der Waals surface area (Å²) in [6.07, 6.45) is 12.5. The van der Waals surface area contributed by atoms with Crippen LogP contribution in [0.3, 0.4) is 0 Å². The fourth-order valence-electron chi connectivity index (χ4n) is 10.7. The first kappa shape index (κ1) is 25.5. The van der Waals surface area contributed by atoms with Crippen molar-refractivity contribution < 1.29 is 19.4 Å². The lowest BCUT2D eigenvalue weighted by Crippen LogP contribution is -2.64. The van der Waals surface area contributed by atoms with Crippen molar-refractivity contribution in [3.05, 3.63) is 11.6 Å². The maximum atomic E-state index is 13.0. The number of hydrogen-bond donors (Lipinski definition) is 1. The molecule has 35 heavy (non-hydrogen) atoms. The third kappa shape index (κ3) is 3.20. The van der Waals surface area contributed by atoms with E-state index in [9.17, 15) is 14.7 Å². The van der Waals surface area contributed by atoms with Crippen LogP contribution in [-0.4, -0.2) is 30.6 Å². The quantitative estimate of drug-likeness (QED) is 0.349. The van der Waals surface area contributed by atoms with Crippen LogP contribution in [0.4, 0.5) is 0 Å². The largest absolute Gasteiger partial charge is 0.481 e. The molecule has 4 fully saturated rings. The zero-order valence-corrected chi connectivity index (χ0v) is 23.2. The summed E-state index contributed by atoms with van der Waals surface area (Å²) in [4.78, 5) is 25.4. The minimum absolute atomic E-state index is 0.0578. The molecule has 0 aromatic carbocycles. The van der Waals surface area contributed by atoms with Gasteiger partial charge in [0.15, 0.2) is 0 Å². The molecule has 5 aliphatic rings. The van der Waals surface area contributed by atoms with E-state index in [0.717, 1.165) is 44.9 Å². The lowest BCUT2D eigenvalue weighted by atomic mass is 9.36. The number of methoxy groups -OCH3 is 1. The number of hydrogen-bond acceptors (Lipinski definition) is 3. The molecule has 0 saturated heterocycles. The number of aldehydes is 1. The first-order valence-corrected chi connectivity index (χ1v) is 14.2. The van der Waals surface area contributed by atoms with Crippen molar-refractivity contribution >= 4 is 12.3 Å². The topological polar surface area (TPSA) is 63.6 Å². The summed E-state index contributed by atoms with van der Waals surface area (Å²) >= 11 is 0. The number of aliphatic carboxylic acids is 1. The molecule has 10 atom stereocenters. The highest BCUT2D eigenvalue weighted by atomic mass is 16.5. The third-order valence-electron chi connectivity index (χ3n) is 13.0. The van der Waals surface area contributed by atoms with Gasteiger partial charge in [-0.2, -0.15) is 0 Å². The smallest absolute Gasteiger partial charge is 0.312 e.